The van der Waals surface area contributed by atoms with Crippen molar-refractivity contribution in [2.45, 2.75) is 119 Å². The summed E-state index contributed by atoms with van der Waals surface area (Å²) >= 11 is 0. The lowest BCUT2D eigenvalue weighted by atomic mass is 9.32. The van der Waals surface area contributed by atoms with Gasteiger partial charge in [-0.3, -0.25) is 0 Å². The first-order chi connectivity index (χ1) is 20.1. The number of phenols is 2. The molecule has 0 aromatic heterocycles. The number of rotatable bonds is 4. The summed E-state index contributed by atoms with van der Waals surface area (Å²) < 4.78 is 6.19. The largest absolute Gasteiger partial charge is 0.504 e. The molecule has 4 heteroatoms. The maximum atomic E-state index is 13.0. The smallest absolute Gasteiger partial charge is 0.331 e. The molecule has 1 aromatic rings. The number of hydrogen-bond acceptors (Lipinski definition) is 4. The number of carbonyl (C=O) groups excluding carboxylic acids is 1. The van der Waals surface area contributed by atoms with Gasteiger partial charge in [-0.15, -0.1) is 0 Å². The maximum Gasteiger partial charge on any atom is 0.331 e. The van der Waals surface area contributed by atoms with Gasteiger partial charge in [0.05, 0.1) is 0 Å². The molecule has 5 aliphatic carbocycles. The third-order valence-corrected chi connectivity index (χ3v) is 15.1. The van der Waals surface area contributed by atoms with Crippen molar-refractivity contribution >= 4 is 12.0 Å². The predicted molar refractivity (Wildman–Crippen MR) is 173 cm³/mol. The molecule has 10 atom stereocenters. The zero-order valence-electron chi connectivity index (χ0n) is 27.8. The minimum absolute atomic E-state index is 0.103. The van der Waals surface area contributed by atoms with Crippen LogP contribution in [0.4, 0.5) is 0 Å². The fraction of sp³-hybridized carbons (Fsp3) is 0.718. The van der Waals surface area contributed by atoms with Crippen molar-refractivity contribution in [2.75, 3.05) is 0 Å². The minimum atomic E-state index is -0.336. The monoisotopic (exact) mass is 588 g/mol. The predicted octanol–water partition coefficient (Wildman–Crippen LogP) is 9.70. The van der Waals surface area contributed by atoms with Gasteiger partial charge in [-0.05, 0) is 146 Å². The third kappa shape index (κ3) is 4.46. The highest BCUT2D eigenvalue weighted by atomic mass is 16.5. The summed E-state index contributed by atoms with van der Waals surface area (Å²) in [6.07, 6.45) is 15.6. The number of carbonyl (C=O) groups is 1. The molecule has 0 aliphatic heterocycles. The van der Waals surface area contributed by atoms with Gasteiger partial charge < -0.3 is 14.9 Å². The molecule has 236 valence electrons. The fourth-order valence-corrected chi connectivity index (χ4v) is 12.7. The third-order valence-electron chi connectivity index (χ3n) is 15.1. The van der Waals surface area contributed by atoms with E-state index < -0.39 is 0 Å². The van der Waals surface area contributed by atoms with E-state index in [1.54, 1.807) is 12.1 Å². The SMILES string of the molecule is C=C(C)C1CC[C@]2(C)CC[C@]3(C)C(CCC4[C@@]5(C)CCC(OC(=O)C=Cc6ccc(O)c(O)c6)C(C)(C)C5CC[C@]43C)C12. The molecule has 5 saturated carbocycles. The zero-order chi connectivity index (χ0) is 31.2. The van der Waals surface area contributed by atoms with Gasteiger partial charge in [0, 0.05) is 11.5 Å². The second kappa shape index (κ2) is 10.1. The standard InChI is InChI=1S/C39H56O4/c1-24(2)26-15-18-36(5)21-22-38(7)27(34(26)36)11-13-31-37(6)19-17-32(35(3,4)30(37)16-20-39(31,38)8)43-33(42)14-10-25-9-12-28(40)29(41)23-25/h9-10,12,14,23,26-27,30-32,34,40-41H,1,11,13,15-22H2,2-8H3/t26?,27?,30?,31?,32?,34?,36-,37+,38-,39-/m1/s1. The van der Waals surface area contributed by atoms with Crippen LogP contribution in [0.5, 0.6) is 11.5 Å². The van der Waals surface area contributed by atoms with Gasteiger partial charge in [0.25, 0.3) is 0 Å². The Hall–Kier alpha value is -2.23. The zero-order valence-corrected chi connectivity index (χ0v) is 27.8. The van der Waals surface area contributed by atoms with Crippen molar-refractivity contribution in [3.63, 3.8) is 0 Å². The van der Waals surface area contributed by atoms with Crippen LogP contribution in [0.3, 0.4) is 0 Å². The molecule has 6 rings (SSSR count). The molecule has 0 radical (unpaired) electrons. The molecule has 1 aromatic carbocycles. The molecule has 2 N–H and O–H groups in total. The van der Waals surface area contributed by atoms with E-state index in [0.29, 0.717) is 39.6 Å². The quantitative estimate of drug-likeness (QED) is 0.159. The number of ether oxygens (including phenoxy) is 1. The van der Waals surface area contributed by atoms with Gasteiger partial charge in [-0.2, -0.15) is 0 Å². The van der Waals surface area contributed by atoms with Crippen molar-refractivity contribution < 1.29 is 19.7 Å². The van der Waals surface area contributed by atoms with E-state index in [9.17, 15) is 15.0 Å². The first kappa shape index (κ1) is 30.8. The van der Waals surface area contributed by atoms with Gasteiger partial charge in [0.2, 0.25) is 0 Å². The van der Waals surface area contributed by atoms with Gasteiger partial charge in [-0.25, -0.2) is 4.79 Å². The van der Waals surface area contributed by atoms with Gasteiger partial charge >= 0.3 is 5.97 Å². The lowest BCUT2D eigenvalue weighted by Gasteiger charge is -2.73. The van der Waals surface area contributed by atoms with E-state index in [1.807, 2.05) is 0 Å². The summed E-state index contributed by atoms with van der Waals surface area (Å²) in [7, 11) is 0. The van der Waals surface area contributed by atoms with Crippen LogP contribution in [0.15, 0.2) is 36.4 Å². The van der Waals surface area contributed by atoms with Crippen LogP contribution in [0.25, 0.3) is 6.08 Å². The van der Waals surface area contributed by atoms with Crippen molar-refractivity contribution in [3.8, 4) is 11.5 Å². The van der Waals surface area contributed by atoms with Crippen molar-refractivity contribution in [3.05, 3.63) is 42.0 Å². The molecular weight excluding hydrogens is 532 g/mol. The highest BCUT2D eigenvalue weighted by Crippen LogP contribution is 2.77. The summed E-state index contributed by atoms with van der Waals surface area (Å²) in [5, 5.41) is 19.4. The van der Waals surface area contributed by atoms with Crippen LogP contribution in [-0.2, 0) is 9.53 Å². The molecule has 0 saturated heterocycles. The molecule has 5 aliphatic rings. The van der Waals surface area contributed by atoms with E-state index in [-0.39, 0.29) is 34.4 Å². The number of benzene rings is 1. The highest BCUT2D eigenvalue weighted by molar-refractivity contribution is 5.87. The van der Waals surface area contributed by atoms with E-state index in [2.05, 4.69) is 55.0 Å². The Balaban J connectivity index is 1.22. The molecule has 43 heavy (non-hydrogen) atoms. The Kier molecular flexibility index (Phi) is 7.26. The Labute approximate surface area is 260 Å². The first-order valence-corrected chi connectivity index (χ1v) is 17.1. The minimum Gasteiger partial charge on any atom is -0.504 e. The molecule has 5 fully saturated rings. The van der Waals surface area contributed by atoms with E-state index >= 15 is 0 Å². The van der Waals surface area contributed by atoms with Crippen LogP contribution >= 0.6 is 0 Å². The number of phenolic OH excluding ortho intramolecular Hbond substituents is 2. The number of allylic oxidation sites excluding steroid dienone is 1. The van der Waals surface area contributed by atoms with E-state index in [4.69, 9.17) is 4.74 Å². The summed E-state index contributed by atoms with van der Waals surface area (Å²) in [5.41, 5.74) is 3.40. The molecule has 0 spiro atoms. The van der Waals surface area contributed by atoms with Crippen molar-refractivity contribution in [2.24, 2.45) is 56.7 Å². The van der Waals surface area contributed by atoms with Crippen LogP contribution in [0.1, 0.15) is 118 Å². The average Bonchev–Trinajstić information content (AvgIpc) is 3.29. The lowest BCUT2D eigenvalue weighted by Crippen LogP contribution is -2.66. The highest BCUT2D eigenvalue weighted by Gasteiger charge is 2.70. The number of fused-ring (bicyclic) bond motifs is 7. The molecule has 0 heterocycles. The normalized spacial score (nSPS) is 45.0. The van der Waals surface area contributed by atoms with Crippen molar-refractivity contribution in [1.29, 1.82) is 0 Å². The molecule has 0 bridgehead atoms. The van der Waals surface area contributed by atoms with Crippen LogP contribution in [0.2, 0.25) is 0 Å². The average molecular weight is 589 g/mol. The van der Waals surface area contributed by atoms with Gasteiger partial charge in [0.15, 0.2) is 11.5 Å². The molecule has 0 amide bonds. The number of esters is 1. The maximum absolute atomic E-state index is 13.0. The van der Waals surface area contributed by atoms with Gasteiger partial charge in [-0.1, -0.05) is 59.8 Å². The summed E-state index contributed by atoms with van der Waals surface area (Å²) in [6, 6.07) is 4.54. The summed E-state index contributed by atoms with van der Waals surface area (Å²) in [6.45, 7) is 22.1. The number of hydrogen-bond donors (Lipinski definition) is 2. The summed E-state index contributed by atoms with van der Waals surface area (Å²) in [4.78, 5) is 13.0. The second-order valence-corrected chi connectivity index (χ2v) is 17.2. The van der Waals surface area contributed by atoms with E-state index in [1.165, 1.54) is 75.1 Å². The Morgan fingerprint density at radius 3 is 2.30 bits per heavy atom. The van der Waals surface area contributed by atoms with Gasteiger partial charge in [0.1, 0.15) is 6.10 Å². The first-order valence-electron chi connectivity index (χ1n) is 17.1. The van der Waals surface area contributed by atoms with E-state index in [0.717, 1.165) is 24.7 Å². The molecule has 4 nitrogen and oxygen atoms in total. The van der Waals surface area contributed by atoms with Crippen LogP contribution < -0.4 is 0 Å². The molecule has 6 unspecified atom stereocenters. The Morgan fingerprint density at radius 1 is 0.860 bits per heavy atom. The Bertz CT molecular complexity index is 1330. The number of aromatic hydroxyl groups is 2. The lowest BCUT2D eigenvalue weighted by molar-refractivity contribution is -0.248. The fourth-order valence-electron chi connectivity index (χ4n) is 12.7. The topological polar surface area (TPSA) is 66.8 Å². The summed E-state index contributed by atoms with van der Waals surface area (Å²) in [5.74, 6) is 2.79. The van der Waals surface area contributed by atoms with Crippen molar-refractivity contribution in [1.82, 2.24) is 0 Å². The molecular formula is C39H56O4. The van der Waals surface area contributed by atoms with Crippen LogP contribution in [0, 0.1) is 56.7 Å². The second-order valence-electron chi connectivity index (χ2n) is 17.2. The van der Waals surface area contributed by atoms with Crippen LogP contribution in [-0.4, -0.2) is 22.3 Å². The Morgan fingerprint density at radius 2 is 1.60 bits per heavy atom.